The normalized spacial score (nSPS) is 17.1. The summed E-state index contributed by atoms with van der Waals surface area (Å²) in [4.78, 5) is 12.4. The Morgan fingerprint density at radius 2 is 1.80 bits per heavy atom. The van der Waals surface area contributed by atoms with Crippen LogP contribution >= 0.6 is 0 Å². The molecule has 1 heterocycles. The Bertz CT molecular complexity index is 1060. The molecular formula is C22H24N2O5S. The highest BCUT2D eigenvalue weighted by atomic mass is 32.2. The van der Waals surface area contributed by atoms with Crippen LogP contribution in [0.25, 0.3) is 6.08 Å². The molecule has 8 heteroatoms. The number of hydrogen-bond acceptors (Lipinski definition) is 5. The molecule has 4 rings (SSSR count). The zero-order valence-electron chi connectivity index (χ0n) is 16.7. The van der Waals surface area contributed by atoms with Gasteiger partial charge in [0.25, 0.3) is 5.79 Å². The van der Waals surface area contributed by atoms with Crippen molar-refractivity contribution in [2.75, 3.05) is 18.9 Å². The molecule has 1 spiro atoms. The van der Waals surface area contributed by atoms with Gasteiger partial charge in [-0.1, -0.05) is 30.3 Å². The van der Waals surface area contributed by atoms with Crippen molar-refractivity contribution in [1.82, 2.24) is 4.31 Å². The monoisotopic (exact) mass is 428 g/mol. The van der Waals surface area contributed by atoms with Crippen molar-refractivity contribution in [1.29, 1.82) is 0 Å². The molecule has 1 aliphatic heterocycles. The number of fused-ring (bicyclic) bond motifs is 1. The number of nitrogens with one attached hydrogen (secondary N) is 1. The van der Waals surface area contributed by atoms with Gasteiger partial charge in [0.1, 0.15) is 0 Å². The molecule has 0 saturated heterocycles. The molecule has 158 valence electrons. The van der Waals surface area contributed by atoms with E-state index in [2.05, 4.69) is 5.32 Å². The fourth-order valence-corrected chi connectivity index (χ4v) is 4.45. The first-order valence-corrected chi connectivity index (χ1v) is 11.4. The highest BCUT2D eigenvalue weighted by molar-refractivity contribution is 7.92. The lowest BCUT2D eigenvalue weighted by molar-refractivity contribution is -0.116. The lowest BCUT2D eigenvalue weighted by Gasteiger charge is -2.21. The van der Waals surface area contributed by atoms with Crippen molar-refractivity contribution in [2.24, 2.45) is 0 Å². The number of ether oxygens (including phenoxy) is 2. The molecule has 0 radical (unpaired) electrons. The van der Waals surface area contributed by atoms with Crippen molar-refractivity contribution in [2.45, 2.75) is 31.5 Å². The molecular weight excluding hydrogens is 404 g/mol. The van der Waals surface area contributed by atoms with E-state index < -0.39 is 21.7 Å². The van der Waals surface area contributed by atoms with E-state index in [1.807, 2.05) is 18.2 Å². The maximum Gasteiger partial charge on any atom is 0.251 e. The van der Waals surface area contributed by atoms with E-state index in [1.165, 1.54) is 13.1 Å². The zero-order valence-corrected chi connectivity index (χ0v) is 17.5. The smallest absolute Gasteiger partial charge is 0.251 e. The Morgan fingerprint density at radius 1 is 1.10 bits per heavy atom. The van der Waals surface area contributed by atoms with E-state index in [0.29, 0.717) is 17.2 Å². The van der Waals surface area contributed by atoms with E-state index in [9.17, 15) is 13.2 Å². The van der Waals surface area contributed by atoms with Crippen LogP contribution in [0.4, 0.5) is 5.69 Å². The maximum absolute atomic E-state index is 12.4. The number of carbonyl (C=O) groups excluding carboxylic acids is 1. The minimum absolute atomic E-state index is 0.306. The zero-order chi connectivity index (χ0) is 21.2. The SMILES string of the molecule is CN(CC(=O)Nc1ccc2c(c1)OC1(CCCC1)O2)S(=O)(=O)/C=C/c1ccccc1. The second-order valence-electron chi connectivity index (χ2n) is 7.55. The minimum atomic E-state index is -3.72. The van der Waals surface area contributed by atoms with Crippen molar-refractivity contribution in [3.05, 3.63) is 59.5 Å². The first kappa shape index (κ1) is 20.4. The van der Waals surface area contributed by atoms with Gasteiger partial charge in [-0.3, -0.25) is 4.79 Å². The predicted molar refractivity (Wildman–Crippen MR) is 115 cm³/mol. The van der Waals surface area contributed by atoms with Crippen LogP contribution in [0.1, 0.15) is 31.2 Å². The molecule has 1 amide bonds. The summed E-state index contributed by atoms with van der Waals surface area (Å²) in [5, 5.41) is 3.82. The summed E-state index contributed by atoms with van der Waals surface area (Å²) in [7, 11) is -2.35. The number of likely N-dealkylation sites (N-methyl/N-ethyl adjacent to an activating group) is 1. The molecule has 7 nitrogen and oxygen atoms in total. The molecule has 2 aromatic carbocycles. The Balaban J connectivity index is 1.36. The Labute approximate surface area is 176 Å². The third-order valence-electron chi connectivity index (χ3n) is 5.22. The summed E-state index contributed by atoms with van der Waals surface area (Å²) in [6, 6.07) is 14.3. The molecule has 0 aromatic heterocycles. The van der Waals surface area contributed by atoms with Crippen molar-refractivity contribution in [3.63, 3.8) is 0 Å². The van der Waals surface area contributed by atoms with Crippen LogP contribution in [0.3, 0.4) is 0 Å². The molecule has 2 aromatic rings. The summed E-state index contributed by atoms with van der Waals surface area (Å²) in [6.45, 7) is -0.306. The molecule has 0 atom stereocenters. The van der Waals surface area contributed by atoms with Gasteiger partial charge < -0.3 is 14.8 Å². The van der Waals surface area contributed by atoms with Crippen LogP contribution in [0.2, 0.25) is 0 Å². The predicted octanol–water partition coefficient (Wildman–Crippen LogP) is 3.60. The average Bonchev–Trinajstić information content (AvgIpc) is 3.32. The van der Waals surface area contributed by atoms with E-state index in [1.54, 1.807) is 30.3 Å². The molecule has 1 saturated carbocycles. The van der Waals surface area contributed by atoms with Gasteiger partial charge in [-0.15, -0.1) is 0 Å². The second kappa shape index (κ2) is 8.12. The van der Waals surface area contributed by atoms with Crippen LogP contribution in [-0.2, 0) is 14.8 Å². The lowest BCUT2D eigenvalue weighted by atomic mass is 10.2. The van der Waals surface area contributed by atoms with Crippen LogP contribution in [0.5, 0.6) is 11.5 Å². The summed E-state index contributed by atoms with van der Waals surface area (Å²) < 4.78 is 37.8. The van der Waals surface area contributed by atoms with Crippen molar-refractivity contribution < 1.29 is 22.7 Å². The highest BCUT2D eigenvalue weighted by Crippen LogP contribution is 2.47. The first-order chi connectivity index (χ1) is 14.4. The summed E-state index contributed by atoms with van der Waals surface area (Å²) >= 11 is 0. The van der Waals surface area contributed by atoms with Gasteiger partial charge in [0.15, 0.2) is 11.5 Å². The number of hydrogen-bond donors (Lipinski definition) is 1. The fraction of sp³-hybridized carbons (Fsp3) is 0.318. The van der Waals surface area contributed by atoms with Crippen LogP contribution in [0, 0.1) is 0 Å². The van der Waals surface area contributed by atoms with Crippen molar-refractivity contribution >= 4 is 27.7 Å². The number of anilines is 1. The standard InChI is InChI=1S/C22H24N2O5S/c1-24(30(26,27)14-11-17-7-3-2-4-8-17)16-21(25)23-18-9-10-19-20(15-18)29-22(28-19)12-5-6-13-22/h2-4,7-11,14-15H,5-6,12-13,16H2,1H3,(H,23,25)/b14-11+. The second-order valence-corrected chi connectivity index (χ2v) is 9.47. The number of nitrogens with zero attached hydrogens (tertiary/aromatic N) is 1. The third kappa shape index (κ3) is 4.49. The number of benzene rings is 2. The number of sulfonamides is 1. The van der Waals surface area contributed by atoms with Crippen LogP contribution in [0.15, 0.2) is 53.9 Å². The molecule has 2 aliphatic rings. The Hall–Kier alpha value is -2.84. The van der Waals surface area contributed by atoms with Crippen LogP contribution < -0.4 is 14.8 Å². The third-order valence-corrected chi connectivity index (χ3v) is 6.70. The number of amides is 1. The average molecular weight is 429 g/mol. The van der Waals surface area contributed by atoms with E-state index in [4.69, 9.17) is 9.47 Å². The van der Waals surface area contributed by atoms with Gasteiger partial charge in [0.2, 0.25) is 15.9 Å². The summed E-state index contributed by atoms with van der Waals surface area (Å²) in [6.07, 6.45) is 5.33. The summed E-state index contributed by atoms with van der Waals surface area (Å²) in [5.74, 6) is 0.260. The topological polar surface area (TPSA) is 84.9 Å². The van der Waals surface area contributed by atoms with Gasteiger partial charge in [0.05, 0.1) is 6.54 Å². The largest absolute Gasteiger partial charge is 0.448 e. The van der Waals surface area contributed by atoms with Gasteiger partial charge in [-0.25, -0.2) is 8.42 Å². The summed E-state index contributed by atoms with van der Waals surface area (Å²) in [5.41, 5.74) is 1.29. The highest BCUT2D eigenvalue weighted by Gasteiger charge is 2.44. The van der Waals surface area contributed by atoms with E-state index in [-0.39, 0.29) is 6.54 Å². The van der Waals surface area contributed by atoms with Gasteiger partial charge >= 0.3 is 0 Å². The van der Waals surface area contributed by atoms with Crippen molar-refractivity contribution in [3.8, 4) is 11.5 Å². The molecule has 30 heavy (non-hydrogen) atoms. The number of carbonyl (C=O) groups is 1. The molecule has 1 N–H and O–H groups in total. The maximum atomic E-state index is 12.4. The lowest BCUT2D eigenvalue weighted by Crippen LogP contribution is -2.34. The van der Waals surface area contributed by atoms with E-state index >= 15 is 0 Å². The van der Waals surface area contributed by atoms with Gasteiger partial charge in [-0.2, -0.15) is 4.31 Å². The van der Waals surface area contributed by atoms with Crippen LogP contribution in [-0.4, -0.2) is 38.0 Å². The number of rotatable bonds is 6. The molecule has 0 unspecified atom stereocenters. The molecule has 1 fully saturated rings. The van der Waals surface area contributed by atoms with Gasteiger partial charge in [0, 0.05) is 37.1 Å². The Morgan fingerprint density at radius 3 is 2.53 bits per heavy atom. The first-order valence-electron chi connectivity index (χ1n) is 9.87. The molecule has 0 bridgehead atoms. The van der Waals surface area contributed by atoms with Gasteiger partial charge in [-0.05, 0) is 36.6 Å². The quantitative estimate of drug-likeness (QED) is 0.760. The Kier molecular flexibility index (Phi) is 5.53. The molecule has 1 aliphatic carbocycles. The fourth-order valence-electron chi connectivity index (χ4n) is 3.61. The van der Waals surface area contributed by atoms with E-state index in [0.717, 1.165) is 41.0 Å². The minimum Gasteiger partial charge on any atom is -0.448 e.